The number of guanidine groups is 1. The van der Waals surface area contributed by atoms with E-state index >= 15 is 0 Å². The third kappa shape index (κ3) is 11.7. The Balaban J connectivity index is 0.00000676. The van der Waals surface area contributed by atoms with Gasteiger partial charge < -0.3 is 21.3 Å². The quantitative estimate of drug-likeness (QED) is 0.250. The predicted octanol–water partition coefficient (Wildman–Crippen LogP) is 4.32. The van der Waals surface area contributed by atoms with Crippen molar-refractivity contribution in [2.45, 2.75) is 66.1 Å². The average molecular weight is 489 g/mol. The third-order valence-corrected chi connectivity index (χ3v) is 3.88. The molecule has 0 bridgehead atoms. The number of halogens is 1. The molecule has 0 fully saturated rings. The first-order chi connectivity index (χ1) is 12.3. The summed E-state index contributed by atoms with van der Waals surface area (Å²) in [6.45, 7) is 11.2. The first-order valence-corrected chi connectivity index (χ1v) is 9.43. The summed E-state index contributed by atoms with van der Waals surface area (Å²) in [5, 5.41) is 12.4. The molecule has 0 aromatic heterocycles. The van der Waals surface area contributed by atoms with Gasteiger partial charge in [0.25, 0.3) is 0 Å². The average Bonchev–Trinajstić information content (AvgIpc) is 2.57. The van der Waals surface area contributed by atoms with Crippen LogP contribution in [0.15, 0.2) is 29.3 Å². The zero-order valence-corrected chi connectivity index (χ0v) is 19.8. The normalized spacial score (nSPS) is 12.4. The SMILES string of the molecule is CN=C(NCc1ccc(NC(=O)NC(C)C)cc1)NC(C)CCC(C)C.I. The van der Waals surface area contributed by atoms with Crippen LogP contribution in [0.5, 0.6) is 0 Å². The van der Waals surface area contributed by atoms with Gasteiger partial charge in [0, 0.05) is 31.4 Å². The Hall–Kier alpha value is -1.51. The lowest BCUT2D eigenvalue weighted by Crippen LogP contribution is -2.41. The fraction of sp³-hybridized carbons (Fsp3) is 0.600. The Morgan fingerprint density at radius 2 is 1.63 bits per heavy atom. The number of carbonyl (C=O) groups is 1. The van der Waals surface area contributed by atoms with Crippen LogP contribution in [0.3, 0.4) is 0 Å². The molecule has 0 aliphatic heterocycles. The zero-order valence-electron chi connectivity index (χ0n) is 17.4. The fourth-order valence-corrected chi connectivity index (χ4v) is 2.40. The van der Waals surface area contributed by atoms with E-state index in [-0.39, 0.29) is 36.0 Å². The van der Waals surface area contributed by atoms with Crippen molar-refractivity contribution in [3.63, 3.8) is 0 Å². The number of hydrogen-bond acceptors (Lipinski definition) is 2. The molecule has 2 amide bonds. The molecule has 0 heterocycles. The van der Waals surface area contributed by atoms with Gasteiger partial charge in [0.05, 0.1) is 0 Å². The number of benzene rings is 1. The second kappa shape index (κ2) is 13.6. The Kier molecular flexibility index (Phi) is 12.9. The van der Waals surface area contributed by atoms with Gasteiger partial charge in [-0.05, 0) is 57.2 Å². The van der Waals surface area contributed by atoms with Gasteiger partial charge in [0.1, 0.15) is 0 Å². The number of nitrogens with one attached hydrogen (secondary N) is 4. The highest BCUT2D eigenvalue weighted by molar-refractivity contribution is 14.0. The molecule has 1 aromatic carbocycles. The van der Waals surface area contributed by atoms with Crippen LogP contribution in [-0.2, 0) is 6.54 Å². The van der Waals surface area contributed by atoms with Crippen molar-refractivity contribution in [1.82, 2.24) is 16.0 Å². The summed E-state index contributed by atoms with van der Waals surface area (Å²) in [5.41, 5.74) is 1.90. The van der Waals surface area contributed by atoms with E-state index in [2.05, 4.69) is 47.0 Å². The van der Waals surface area contributed by atoms with Crippen molar-refractivity contribution in [2.75, 3.05) is 12.4 Å². The number of aliphatic imine (C=N–C) groups is 1. The van der Waals surface area contributed by atoms with Crippen molar-refractivity contribution in [3.05, 3.63) is 29.8 Å². The van der Waals surface area contributed by atoms with Crippen LogP contribution in [0.1, 0.15) is 53.0 Å². The van der Waals surface area contributed by atoms with Crippen LogP contribution in [0.2, 0.25) is 0 Å². The third-order valence-electron chi connectivity index (χ3n) is 3.88. The molecule has 0 aliphatic carbocycles. The van der Waals surface area contributed by atoms with E-state index in [4.69, 9.17) is 0 Å². The van der Waals surface area contributed by atoms with Gasteiger partial charge in [-0.25, -0.2) is 4.79 Å². The summed E-state index contributed by atoms with van der Waals surface area (Å²) < 4.78 is 0. The molecule has 1 rings (SSSR count). The summed E-state index contributed by atoms with van der Waals surface area (Å²) in [6, 6.07) is 8.10. The maximum absolute atomic E-state index is 11.7. The monoisotopic (exact) mass is 489 g/mol. The standard InChI is InChI=1S/C20H35N5O.HI/c1-14(2)7-8-16(5)24-19(21-6)22-13-17-9-11-18(12-10-17)25-20(26)23-15(3)4;/h9-12,14-16H,7-8,13H2,1-6H3,(H2,21,22,24)(H2,23,25,26);1H. The van der Waals surface area contributed by atoms with E-state index in [9.17, 15) is 4.79 Å². The van der Waals surface area contributed by atoms with Crippen LogP contribution < -0.4 is 21.3 Å². The van der Waals surface area contributed by atoms with Crippen molar-refractivity contribution < 1.29 is 4.79 Å². The van der Waals surface area contributed by atoms with E-state index < -0.39 is 0 Å². The van der Waals surface area contributed by atoms with Crippen LogP contribution in [0.25, 0.3) is 0 Å². The molecule has 1 atom stereocenters. The molecule has 0 saturated heterocycles. The number of anilines is 1. The van der Waals surface area contributed by atoms with Crippen molar-refractivity contribution in [3.8, 4) is 0 Å². The Labute approximate surface area is 181 Å². The lowest BCUT2D eigenvalue weighted by molar-refractivity contribution is 0.250. The molecular weight excluding hydrogens is 453 g/mol. The van der Waals surface area contributed by atoms with Gasteiger partial charge in [0.2, 0.25) is 0 Å². The highest BCUT2D eigenvalue weighted by Crippen LogP contribution is 2.10. The largest absolute Gasteiger partial charge is 0.354 e. The smallest absolute Gasteiger partial charge is 0.319 e. The predicted molar refractivity (Wildman–Crippen MR) is 126 cm³/mol. The maximum Gasteiger partial charge on any atom is 0.319 e. The maximum atomic E-state index is 11.7. The first kappa shape index (κ1) is 25.5. The fourth-order valence-electron chi connectivity index (χ4n) is 2.40. The van der Waals surface area contributed by atoms with E-state index in [1.54, 1.807) is 7.05 Å². The molecule has 7 heteroatoms. The minimum absolute atomic E-state index is 0. The zero-order chi connectivity index (χ0) is 19.5. The Bertz CT molecular complexity index is 572. The van der Waals surface area contributed by atoms with E-state index in [1.165, 1.54) is 6.42 Å². The number of carbonyl (C=O) groups excluding carboxylic acids is 1. The molecular formula is C20H36IN5O. The number of urea groups is 1. The summed E-state index contributed by atoms with van der Waals surface area (Å²) in [5.74, 6) is 1.52. The highest BCUT2D eigenvalue weighted by Gasteiger charge is 2.07. The van der Waals surface area contributed by atoms with E-state index in [0.29, 0.717) is 18.5 Å². The molecule has 154 valence electrons. The molecule has 0 saturated carbocycles. The molecule has 27 heavy (non-hydrogen) atoms. The van der Waals surface area contributed by atoms with Crippen LogP contribution >= 0.6 is 24.0 Å². The summed E-state index contributed by atoms with van der Waals surface area (Å²) in [6.07, 6.45) is 2.32. The highest BCUT2D eigenvalue weighted by atomic mass is 127. The van der Waals surface area contributed by atoms with Crippen molar-refractivity contribution in [1.29, 1.82) is 0 Å². The number of hydrogen-bond donors (Lipinski definition) is 4. The molecule has 0 aliphatic rings. The van der Waals surface area contributed by atoms with E-state index in [1.807, 2.05) is 38.1 Å². The lowest BCUT2D eigenvalue weighted by atomic mass is 10.0. The number of rotatable bonds is 8. The van der Waals surface area contributed by atoms with Gasteiger partial charge in [-0.3, -0.25) is 4.99 Å². The molecule has 0 spiro atoms. The molecule has 1 unspecified atom stereocenters. The second-order valence-electron chi connectivity index (χ2n) is 7.39. The molecule has 0 radical (unpaired) electrons. The van der Waals surface area contributed by atoms with Crippen molar-refractivity contribution >= 4 is 41.7 Å². The van der Waals surface area contributed by atoms with Crippen molar-refractivity contribution in [2.24, 2.45) is 10.9 Å². The first-order valence-electron chi connectivity index (χ1n) is 9.43. The number of nitrogens with zero attached hydrogens (tertiary/aromatic N) is 1. The summed E-state index contributed by atoms with van der Waals surface area (Å²) in [7, 11) is 1.78. The minimum Gasteiger partial charge on any atom is -0.354 e. The van der Waals surface area contributed by atoms with Gasteiger partial charge in [-0.15, -0.1) is 24.0 Å². The molecule has 1 aromatic rings. The minimum atomic E-state index is -0.189. The van der Waals surface area contributed by atoms with Gasteiger partial charge in [-0.2, -0.15) is 0 Å². The van der Waals surface area contributed by atoms with Gasteiger partial charge in [0.15, 0.2) is 5.96 Å². The van der Waals surface area contributed by atoms with Crippen LogP contribution in [-0.4, -0.2) is 31.1 Å². The summed E-state index contributed by atoms with van der Waals surface area (Å²) >= 11 is 0. The van der Waals surface area contributed by atoms with Gasteiger partial charge >= 0.3 is 6.03 Å². The second-order valence-corrected chi connectivity index (χ2v) is 7.39. The molecule has 6 nitrogen and oxygen atoms in total. The topological polar surface area (TPSA) is 77.5 Å². The van der Waals surface area contributed by atoms with Gasteiger partial charge in [-0.1, -0.05) is 26.0 Å². The number of amides is 2. The van der Waals surface area contributed by atoms with E-state index in [0.717, 1.165) is 23.6 Å². The van der Waals surface area contributed by atoms with Crippen LogP contribution in [0, 0.1) is 5.92 Å². The lowest BCUT2D eigenvalue weighted by Gasteiger charge is -2.19. The molecule has 4 N–H and O–H groups in total. The summed E-state index contributed by atoms with van der Waals surface area (Å²) in [4.78, 5) is 16.0. The Morgan fingerprint density at radius 1 is 1.00 bits per heavy atom. The van der Waals surface area contributed by atoms with Crippen LogP contribution in [0.4, 0.5) is 10.5 Å². The Morgan fingerprint density at radius 3 is 2.15 bits per heavy atom.